The van der Waals surface area contributed by atoms with Crippen LogP contribution < -0.4 is 5.32 Å². The van der Waals surface area contributed by atoms with Crippen molar-refractivity contribution in [3.63, 3.8) is 0 Å². The van der Waals surface area contributed by atoms with Crippen LogP contribution in [0.4, 0.5) is 5.69 Å². The third-order valence-corrected chi connectivity index (χ3v) is 3.36. The zero-order valence-electron chi connectivity index (χ0n) is 12.7. The average Bonchev–Trinajstić information content (AvgIpc) is 2.43. The predicted octanol–water partition coefficient (Wildman–Crippen LogP) is 2.44. The fourth-order valence-corrected chi connectivity index (χ4v) is 2.57. The van der Waals surface area contributed by atoms with Crippen LogP contribution in [0.3, 0.4) is 0 Å². The second kappa shape index (κ2) is 6.13. The molecule has 110 valence electrons. The van der Waals surface area contributed by atoms with Crippen molar-refractivity contribution in [3.05, 3.63) is 42.0 Å². The molecule has 4 heteroatoms. The van der Waals surface area contributed by atoms with Crippen molar-refractivity contribution in [2.45, 2.75) is 12.5 Å². The van der Waals surface area contributed by atoms with Crippen LogP contribution in [0.1, 0.15) is 12.5 Å². The summed E-state index contributed by atoms with van der Waals surface area (Å²) in [5.41, 5.74) is 0.776. The van der Waals surface area contributed by atoms with Gasteiger partial charge < -0.3 is 15.3 Å². The standard InChI is InChI=1S/C17H21N3O/c1-17(21,12-20(2)3)11-19-16-9-8-13(10-18)14-6-4-5-7-15(14)16/h4-9,19,21H,11-12H2,1-3H3. The average molecular weight is 283 g/mol. The first kappa shape index (κ1) is 15.3. The van der Waals surface area contributed by atoms with Crippen LogP contribution in [-0.2, 0) is 0 Å². The van der Waals surface area contributed by atoms with Crippen LogP contribution in [-0.4, -0.2) is 42.8 Å². The summed E-state index contributed by atoms with van der Waals surface area (Å²) in [6, 6.07) is 13.7. The van der Waals surface area contributed by atoms with Crippen molar-refractivity contribution in [1.29, 1.82) is 5.26 Å². The van der Waals surface area contributed by atoms with Gasteiger partial charge in [-0.05, 0) is 33.2 Å². The Hall–Kier alpha value is -2.09. The lowest BCUT2D eigenvalue weighted by atomic mass is 10.0. The van der Waals surface area contributed by atoms with E-state index >= 15 is 0 Å². The van der Waals surface area contributed by atoms with Crippen LogP contribution in [0.2, 0.25) is 0 Å². The predicted molar refractivity (Wildman–Crippen MR) is 86.3 cm³/mol. The van der Waals surface area contributed by atoms with Gasteiger partial charge in [-0.25, -0.2) is 0 Å². The largest absolute Gasteiger partial charge is 0.387 e. The molecule has 0 radical (unpaired) electrons. The first-order valence-electron chi connectivity index (χ1n) is 6.96. The second-order valence-electron chi connectivity index (χ2n) is 5.91. The van der Waals surface area contributed by atoms with E-state index in [9.17, 15) is 5.11 Å². The highest BCUT2D eigenvalue weighted by Crippen LogP contribution is 2.26. The topological polar surface area (TPSA) is 59.3 Å². The molecule has 0 saturated heterocycles. The SMILES string of the molecule is CN(C)CC(C)(O)CNc1ccc(C#N)c2ccccc12. The Balaban J connectivity index is 2.26. The number of benzene rings is 2. The molecule has 2 rings (SSSR count). The van der Waals surface area contributed by atoms with Gasteiger partial charge in [-0.15, -0.1) is 0 Å². The number of nitrogens with one attached hydrogen (secondary N) is 1. The molecule has 0 spiro atoms. The van der Waals surface area contributed by atoms with Crippen molar-refractivity contribution >= 4 is 16.5 Å². The van der Waals surface area contributed by atoms with Gasteiger partial charge in [-0.1, -0.05) is 24.3 Å². The lowest BCUT2D eigenvalue weighted by Crippen LogP contribution is -2.43. The van der Waals surface area contributed by atoms with Gasteiger partial charge in [0.1, 0.15) is 0 Å². The van der Waals surface area contributed by atoms with Gasteiger partial charge in [0.05, 0.1) is 17.2 Å². The van der Waals surface area contributed by atoms with Gasteiger partial charge in [-0.2, -0.15) is 5.26 Å². The van der Waals surface area contributed by atoms with E-state index in [0.717, 1.165) is 16.5 Å². The Bertz CT molecular complexity index is 671. The normalized spacial score (nSPS) is 13.9. The molecule has 4 nitrogen and oxygen atoms in total. The summed E-state index contributed by atoms with van der Waals surface area (Å²) in [4.78, 5) is 1.96. The number of nitriles is 1. The van der Waals surface area contributed by atoms with E-state index in [-0.39, 0.29) is 0 Å². The van der Waals surface area contributed by atoms with Crippen molar-refractivity contribution in [2.75, 3.05) is 32.5 Å². The highest BCUT2D eigenvalue weighted by atomic mass is 16.3. The van der Waals surface area contributed by atoms with Crippen molar-refractivity contribution in [3.8, 4) is 6.07 Å². The lowest BCUT2D eigenvalue weighted by Gasteiger charge is -2.27. The molecule has 0 aliphatic heterocycles. The molecule has 0 aliphatic rings. The number of anilines is 1. The van der Waals surface area contributed by atoms with Gasteiger partial charge in [0.15, 0.2) is 0 Å². The monoisotopic (exact) mass is 283 g/mol. The Morgan fingerprint density at radius 1 is 1.19 bits per heavy atom. The van der Waals surface area contributed by atoms with Crippen molar-refractivity contribution in [2.24, 2.45) is 0 Å². The Morgan fingerprint density at radius 3 is 2.48 bits per heavy atom. The van der Waals surface area contributed by atoms with E-state index in [4.69, 9.17) is 5.26 Å². The van der Waals surface area contributed by atoms with Crippen molar-refractivity contribution in [1.82, 2.24) is 4.90 Å². The molecule has 2 aromatic rings. The Labute approximate surface area is 125 Å². The molecule has 0 amide bonds. The molecular weight excluding hydrogens is 262 g/mol. The number of hydrogen-bond donors (Lipinski definition) is 2. The zero-order valence-corrected chi connectivity index (χ0v) is 12.7. The van der Waals surface area contributed by atoms with Crippen LogP contribution in [0.5, 0.6) is 0 Å². The fraction of sp³-hybridized carbons (Fsp3) is 0.353. The minimum Gasteiger partial charge on any atom is -0.387 e. The molecule has 21 heavy (non-hydrogen) atoms. The number of aliphatic hydroxyl groups is 1. The number of nitrogens with zero attached hydrogens (tertiary/aromatic N) is 2. The van der Waals surface area contributed by atoms with Gasteiger partial charge >= 0.3 is 0 Å². The van der Waals surface area contributed by atoms with E-state index in [0.29, 0.717) is 18.7 Å². The molecule has 0 bridgehead atoms. The van der Waals surface area contributed by atoms with Crippen LogP contribution in [0.25, 0.3) is 10.8 Å². The third-order valence-electron chi connectivity index (χ3n) is 3.36. The first-order valence-corrected chi connectivity index (χ1v) is 6.96. The second-order valence-corrected chi connectivity index (χ2v) is 5.91. The van der Waals surface area contributed by atoms with E-state index in [1.54, 1.807) is 0 Å². The fourth-order valence-electron chi connectivity index (χ4n) is 2.57. The maximum absolute atomic E-state index is 10.4. The molecule has 1 unspecified atom stereocenters. The van der Waals surface area contributed by atoms with Crippen molar-refractivity contribution < 1.29 is 5.11 Å². The van der Waals surface area contributed by atoms with Crippen LogP contribution in [0.15, 0.2) is 36.4 Å². The minimum atomic E-state index is -0.821. The molecular formula is C17H21N3O. The van der Waals surface area contributed by atoms with Gasteiger partial charge in [-0.3, -0.25) is 0 Å². The molecule has 0 fully saturated rings. The quantitative estimate of drug-likeness (QED) is 0.885. The highest BCUT2D eigenvalue weighted by molar-refractivity contribution is 5.97. The molecule has 0 saturated carbocycles. The minimum absolute atomic E-state index is 0.446. The van der Waals surface area contributed by atoms with Gasteiger partial charge in [0.25, 0.3) is 0 Å². The van der Waals surface area contributed by atoms with E-state index in [1.807, 2.05) is 62.3 Å². The third kappa shape index (κ3) is 3.72. The summed E-state index contributed by atoms with van der Waals surface area (Å²) in [5, 5.41) is 24.8. The van der Waals surface area contributed by atoms with Crippen LogP contribution >= 0.6 is 0 Å². The maximum atomic E-state index is 10.4. The molecule has 0 aliphatic carbocycles. The molecule has 2 N–H and O–H groups in total. The summed E-state index contributed by atoms with van der Waals surface area (Å²) < 4.78 is 0. The Morgan fingerprint density at radius 2 is 1.86 bits per heavy atom. The summed E-state index contributed by atoms with van der Waals surface area (Å²) in [6.07, 6.45) is 0. The van der Waals surface area contributed by atoms with Gasteiger partial charge in [0, 0.05) is 29.5 Å². The lowest BCUT2D eigenvalue weighted by molar-refractivity contribution is 0.0460. The van der Waals surface area contributed by atoms with E-state index in [1.165, 1.54) is 0 Å². The highest BCUT2D eigenvalue weighted by Gasteiger charge is 2.21. The molecule has 1 atom stereocenters. The van der Waals surface area contributed by atoms with E-state index in [2.05, 4.69) is 11.4 Å². The summed E-state index contributed by atoms with van der Waals surface area (Å²) in [6.45, 7) is 2.83. The molecule has 0 heterocycles. The first-order chi connectivity index (χ1) is 9.93. The zero-order chi connectivity index (χ0) is 15.5. The summed E-state index contributed by atoms with van der Waals surface area (Å²) in [5.74, 6) is 0. The van der Waals surface area contributed by atoms with Gasteiger partial charge in [0.2, 0.25) is 0 Å². The number of hydrogen-bond acceptors (Lipinski definition) is 4. The van der Waals surface area contributed by atoms with E-state index < -0.39 is 5.60 Å². The molecule has 0 aromatic heterocycles. The number of rotatable bonds is 5. The maximum Gasteiger partial charge on any atom is 0.0998 e. The Kier molecular flexibility index (Phi) is 4.46. The summed E-state index contributed by atoms with van der Waals surface area (Å²) in [7, 11) is 3.87. The number of fused-ring (bicyclic) bond motifs is 1. The molecule has 2 aromatic carbocycles. The smallest absolute Gasteiger partial charge is 0.0998 e. The van der Waals surface area contributed by atoms with Crippen LogP contribution in [0, 0.1) is 11.3 Å². The summed E-state index contributed by atoms with van der Waals surface area (Å²) >= 11 is 0. The number of likely N-dealkylation sites (N-methyl/N-ethyl adjacent to an activating group) is 1.